The minimum atomic E-state index is -0.690. The molecule has 0 aliphatic carbocycles. The lowest BCUT2D eigenvalue weighted by Gasteiger charge is -1.90. The summed E-state index contributed by atoms with van der Waals surface area (Å²) in [4.78, 5) is 0. The van der Waals surface area contributed by atoms with Gasteiger partial charge in [-0.3, -0.25) is 0 Å². The third kappa shape index (κ3) is 6.12. The fraction of sp³-hybridized carbons (Fsp3) is 0.667. The Balaban J connectivity index is 3.27. The van der Waals surface area contributed by atoms with Crippen LogP contribution in [0.3, 0.4) is 0 Å². The van der Waals surface area contributed by atoms with E-state index >= 15 is 0 Å². The molecule has 1 nitrogen and oxygen atoms in total. The zero-order valence-corrected chi connectivity index (χ0v) is 7.43. The van der Waals surface area contributed by atoms with Gasteiger partial charge in [0.05, 0.1) is 9.83 Å². The smallest absolute Gasteiger partial charge is 0.0846 e. The zero-order chi connectivity index (χ0) is 7.11. The summed E-state index contributed by atoms with van der Waals surface area (Å²) < 4.78 is 10.8. The molecule has 1 atom stereocenters. The number of hydrogen-bond acceptors (Lipinski definition) is 2. The van der Waals surface area contributed by atoms with Gasteiger partial charge >= 0.3 is 0 Å². The van der Waals surface area contributed by atoms with Gasteiger partial charge in [-0.05, 0) is 29.5 Å². The number of allylic oxidation sites excluding steroid dienone is 1. The molecule has 3 heteroatoms. The van der Waals surface area contributed by atoms with E-state index in [0.29, 0.717) is 0 Å². The first-order valence-electron chi connectivity index (χ1n) is 2.98. The molecule has 0 aromatic carbocycles. The summed E-state index contributed by atoms with van der Waals surface area (Å²) in [6, 6.07) is 0. The van der Waals surface area contributed by atoms with E-state index in [1.165, 1.54) is 10.8 Å². The van der Waals surface area contributed by atoms with Crippen LogP contribution in [0.25, 0.3) is 0 Å². The quantitative estimate of drug-likeness (QED) is 0.593. The van der Waals surface area contributed by atoms with Crippen molar-refractivity contribution in [1.29, 1.82) is 0 Å². The van der Waals surface area contributed by atoms with Crippen molar-refractivity contribution in [2.45, 2.75) is 20.3 Å². The van der Waals surface area contributed by atoms with E-state index in [9.17, 15) is 4.21 Å². The van der Waals surface area contributed by atoms with E-state index in [1.807, 2.05) is 25.3 Å². The Labute approximate surface area is 62.8 Å². The molecule has 9 heavy (non-hydrogen) atoms. The SMILES string of the molecule is C/C=C\S[S@@](=O)CCC. The first kappa shape index (κ1) is 9.24. The molecule has 0 aliphatic rings. The fourth-order valence-electron chi connectivity index (χ4n) is 0.332. The Kier molecular flexibility index (Phi) is 6.53. The molecular formula is C6H12OS2. The first-order valence-corrected chi connectivity index (χ1v) is 5.69. The molecule has 0 fully saturated rings. The molecule has 0 rings (SSSR count). The summed E-state index contributed by atoms with van der Waals surface area (Å²) in [5, 5.41) is 1.87. The highest BCUT2D eigenvalue weighted by Crippen LogP contribution is 2.09. The number of rotatable bonds is 4. The molecule has 0 heterocycles. The van der Waals surface area contributed by atoms with Crippen LogP contribution in [0.2, 0.25) is 0 Å². The highest BCUT2D eigenvalue weighted by molar-refractivity contribution is 8.70. The van der Waals surface area contributed by atoms with E-state index < -0.39 is 9.83 Å². The molecular weight excluding hydrogens is 152 g/mol. The summed E-state index contributed by atoms with van der Waals surface area (Å²) in [6.07, 6.45) is 2.90. The molecule has 0 bridgehead atoms. The average Bonchev–Trinajstić information content (AvgIpc) is 1.85. The van der Waals surface area contributed by atoms with E-state index in [2.05, 4.69) is 0 Å². The van der Waals surface area contributed by atoms with Gasteiger partial charge < -0.3 is 0 Å². The van der Waals surface area contributed by atoms with E-state index in [1.54, 1.807) is 0 Å². The Morgan fingerprint density at radius 1 is 1.67 bits per heavy atom. The van der Waals surface area contributed by atoms with Crippen molar-refractivity contribution < 1.29 is 4.21 Å². The second-order valence-electron chi connectivity index (χ2n) is 1.57. The van der Waals surface area contributed by atoms with Crippen molar-refractivity contribution in [2.24, 2.45) is 0 Å². The Hall–Kier alpha value is 0.240. The molecule has 0 amide bonds. The predicted molar refractivity (Wildman–Crippen MR) is 45.7 cm³/mol. The van der Waals surface area contributed by atoms with E-state index in [-0.39, 0.29) is 0 Å². The van der Waals surface area contributed by atoms with Gasteiger partial charge in [0.15, 0.2) is 0 Å². The summed E-state index contributed by atoms with van der Waals surface area (Å²) >= 11 is 0. The number of hydrogen-bond donors (Lipinski definition) is 0. The van der Waals surface area contributed by atoms with Gasteiger partial charge in [0, 0.05) is 5.75 Å². The fourth-order valence-corrected chi connectivity index (χ4v) is 2.49. The largest absolute Gasteiger partial charge is 0.248 e. The zero-order valence-electron chi connectivity index (χ0n) is 5.79. The van der Waals surface area contributed by atoms with Crippen LogP contribution in [0, 0.1) is 0 Å². The molecule has 0 unspecified atom stereocenters. The van der Waals surface area contributed by atoms with Crippen LogP contribution in [0.15, 0.2) is 11.5 Å². The molecule has 0 radical (unpaired) electrons. The third-order valence-corrected chi connectivity index (χ3v) is 3.49. The summed E-state index contributed by atoms with van der Waals surface area (Å²) in [5.74, 6) is 0.801. The van der Waals surface area contributed by atoms with Crippen LogP contribution in [-0.4, -0.2) is 9.96 Å². The minimum absolute atomic E-state index is 0.690. The van der Waals surface area contributed by atoms with E-state index in [0.717, 1.165) is 12.2 Å². The maximum absolute atomic E-state index is 10.8. The lowest BCUT2D eigenvalue weighted by atomic mass is 10.6. The summed E-state index contributed by atoms with van der Waals surface area (Å²) in [7, 11) is 0.703. The van der Waals surface area contributed by atoms with Gasteiger partial charge in [-0.15, -0.1) is 0 Å². The van der Waals surface area contributed by atoms with Crippen molar-refractivity contribution in [3.05, 3.63) is 11.5 Å². The molecule has 0 saturated carbocycles. The monoisotopic (exact) mass is 164 g/mol. The molecule has 0 saturated heterocycles. The first-order chi connectivity index (χ1) is 4.31. The van der Waals surface area contributed by atoms with Crippen LogP contribution >= 0.6 is 10.8 Å². The topological polar surface area (TPSA) is 17.1 Å². The van der Waals surface area contributed by atoms with Crippen LogP contribution in [-0.2, 0) is 9.83 Å². The molecule has 0 aromatic rings. The van der Waals surface area contributed by atoms with Crippen LogP contribution in [0.1, 0.15) is 20.3 Å². The standard InChI is InChI=1S/C6H12OS2/c1-3-5-8-9(7)6-4-2/h3,5H,4,6H2,1-2H3/b5-3-/t9-/m1/s1. The van der Waals surface area contributed by atoms with E-state index in [4.69, 9.17) is 0 Å². The van der Waals surface area contributed by atoms with Crippen molar-refractivity contribution in [3.63, 3.8) is 0 Å². The third-order valence-electron chi connectivity index (χ3n) is 0.670. The van der Waals surface area contributed by atoms with Crippen LogP contribution in [0.5, 0.6) is 0 Å². The summed E-state index contributed by atoms with van der Waals surface area (Å²) in [6.45, 7) is 3.96. The lowest BCUT2D eigenvalue weighted by Crippen LogP contribution is -1.86. The van der Waals surface area contributed by atoms with Gasteiger partial charge in [0.1, 0.15) is 0 Å². The molecule has 0 spiro atoms. The van der Waals surface area contributed by atoms with Gasteiger partial charge in [-0.25, -0.2) is 4.21 Å². The van der Waals surface area contributed by atoms with Gasteiger partial charge in [-0.2, -0.15) is 0 Å². The average molecular weight is 164 g/mol. The normalized spacial score (nSPS) is 14.4. The van der Waals surface area contributed by atoms with Crippen LogP contribution in [0.4, 0.5) is 0 Å². The van der Waals surface area contributed by atoms with Crippen LogP contribution < -0.4 is 0 Å². The summed E-state index contributed by atoms with van der Waals surface area (Å²) in [5.41, 5.74) is 0. The highest BCUT2D eigenvalue weighted by Gasteiger charge is 1.92. The molecule has 54 valence electrons. The van der Waals surface area contributed by atoms with Crippen molar-refractivity contribution in [3.8, 4) is 0 Å². The van der Waals surface area contributed by atoms with Crippen molar-refractivity contribution >= 4 is 20.6 Å². The molecule has 0 aliphatic heterocycles. The van der Waals surface area contributed by atoms with Crippen molar-refractivity contribution in [1.82, 2.24) is 0 Å². The second-order valence-corrected chi connectivity index (χ2v) is 4.75. The maximum Gasteiger partial charge on any atom is 0.0846 e. The highest BCUT2D eigenvalue weighted by atomic mass is 33.1. The lowest BCUT2D eigenvalue weighted by molar-refractivity contribution is 0.690. The van der Waals surface area contributed by atoms with Crippen molar-refractivity contribution in [2.75, 3.05) is 5.75 Å². The second kappa shape index (κ2) is 6.36. The predicted octanol–water partition coefficient (Wildman–Crippen LogP) is 2.33. The Bertz CT molecular complexity index is 110. The minimum Gasteiger partial charge on any atom is -0.248 e. The Morgan fingerprint density at radius 2 is 2.33 bits per heavy atom. The van der Waals surface area contributed by atoms with Gasteiger partial charge in [0.25, 0.3) is 0 Å². The Morgan fingerprint density at radius 3 is 2.78 bits per heavy atom. The maximum atomic E-state index is 10.8. The van der Waals surface area contributed by atoms with Gasteiger partial charge in [0.2, 0.25) is 0 Å². The molecule has 0 N–H and O–H groups in total. The van der Waals surface area contributed by atoms with Gasteiger partial charge in [-0.1, -0.05) is 13.0 Å². The molecule has 0 aromatic heterocycles.